The Bertz CT molecular complexity index is 525. The Hall–Kier alpha value is -1.59. The summed E-state index contributed by atoms with van der Waals surface area (Å²) in [6, 6.07) is 6.83. The van der Waals surface area contributed by atoms with Gasteiger partial charge in [0.2, 0.25) is 0 Å². The quantitative estimate of drug-likeness (QED) is 0.858. The van der Waals surface area contributed by atoms with Gasteiger partial charge in [0.05, 0.1) is 11.6 Å². The molecular weight excluding hydrogens is 226 g/mol. The molecule has 3 N–H and O–H groups in total. The minimum absolute atomic E-state index is 0.287. The molecule has 0 amide bonds. The van der Waals surface area contributed by atoms with Crippen molar-refractivity contribution in [1.29, 1.82) is 0 Å². The van der Waals surface area contributed by atoms with Gasteiger partial charge in [-0.25, -0.2) is 8.78 Å². The van der Waals surface area contributed by atoms with Crippen molar-refractivity contribution in [1.82, 2.24) is 4.98 Å². The van der Waals surface area contributed by atoms with Crippen LogP contribution < -0.4 is 5.73 Å². The Labute approximate surface area is 96.9 Å². The van der Waals surface area contributed by atoms with Crippen LogP contribution in [0.5, 0.6) is 0 Å². The topological polar surface area (TPSA) is 59.1 Å². The number of pyridine rings is 1. The van der Waals surface area contributed by atoms with Crippen molar-refractivity contribution < 1.29 is 13.9 Å². The van der Waals surface area contributed by atoms with Crippen LogP contribution in [-0.2, 0) is 0 Å². The van der Waals surface area contributed by atoms with Crippen LogP contribution >= 0.6 is 0 Å². The minimum Gasteiger partial charge on any atom is -0.390 e. The van der Waals surface area contributed by atoms with Gasteiger partial charge in [-0.2, -0.15) is 0 Å². The lowest BCUT2D eigenvalue weighted by Crippen LogP contribution is -2.36. The molecule has 90 valence electrons. The fourth-order valence-electron chi connectivity index (χ4n) is 1.72. The fourth-order valence-corrected chi connectivity index (χ4v) is 1.72. The Balaban J connectivity index is 2.56. The average molecular weight is 238 g/mol. The van der Waals surface area contributed by atoms with E-state index in [2.05, 4.69) is 4.98 Å². The number of hydrogen-bond acceptors (Lipinski definition) is 3. The minimum atomic E-state index is -3.34. The van der Waals surface area contributed by atoms with E-state index in [1.165, 1.54) is 12.3 Å². The van der Waals surface area contributed by atoms with E-state index >= 15 is 0 Å². The summed E-state index contributed by atoms with van der Waals surface area (Å²) in [6.45, 7) is -1.27. The molecule has 0 bridgehead atoms. The number of nitrogens with zero attached hydrogens (tertiary/aromatic N) is 1. The molecular formula is C12H12F2N2O. The van der Waals surface area contributed by atoms with E-state index in [-0.39, 0.29) is 5.56 Å². The van der Waals surface area contributed by atoms with Crippen molar-refractivity contribution >= 4 is 10.9 Å². The van der Waals surface area contributed by atoms with Gasteiger partial charge in [-0.05, 0) is 17.7 Å². The zero-order chi connectivity index (χ0) is 12.5. The number of fused-ring (bicyclic) bond motifs is 1. The second-order valence-corrected chi connectivity index (χ2v) is 3.81. The molecule has 3 nitrogen and oxygen atoms in total. The monoisotopic (exact) mass is 238 g/mol. The van der Waals surface area contributed by atoms with Crippen LogP contribution in [0.4, 0.5) is 8.78 Å². The molecule has 5 heteroatoms. The zero-order valence-corrected chi connectivity index (χ0v) is 8.98. The Morgan fingerprint density at radius 2 is 2.00 bits per heavy atom. The highest BCUT2D eigenvalue weighted by molar-refractivity contribution is 5.82. The number of rotatable bonds is 3. The van der Waals surface area contributed by atoms with Crippen molar-refractivity contribution in [3.8, 4) is 0 Å². The molecule has 0 saturated heterocycles. The number of alkyl halides is 2. The van der Waals surface area contributed by atoms with Crippen LogP contribution in [0.25, 0.3) is 10.9 Å². The molecule has 17 heavy (non-hydrogen) atoms. The standard InChI is InChI=1S/C12H12F2N2O/c13-12(14,7-17)11(15)9-5-6-16-10-4-2-1-3-8(9)10/h1-6,11,17H,7,15H2/t11-/m1/s1. The summed E-state index contributed by atoms with van der Waals surface area (Å²) in [7, 11) is 0. The van der Waals surface area contributed by atoms with Crippen LogP contribution in [-0.4, -0.2) is 22.6 Å². The van der Waals surface area contributed by atoms with Gasteiger partial charge in [0.1, 0.15) is 6.61 Å². The lowest BCUT2D eigenvalue weighted by atomic mass is 9.98. The molecule has 0 saturated carbocycles. The second-order valence-electron chi connectivity index (χ2n) is 3.81. The highest BCUT2D eigenvalue weighted by Gasteiger charge is 2.38. The third-order valence-electron chi connectivity index (χ3n) is 2.68. The van der Waals surface area contributed by atoms with Gasteiger partial charge >= 0.3 is 0 Å². The summed E-state index contributed by atoms with van der Waals surface area (Å²) in [5, 5.41) is 9.23. The van der Waals surface area contributed by atoms with Crippen LogP contribution in [0.2, 0.25) is 0 Å². The SMILES string of the molecule is N[C@H](c1ccnc2ccccc12)C(F)(F)CO. The van der Waals surface area contributed by atoms with E-state index in [1.54, 1.807) is 24.3 Å². The van der Waals surface area contributed by atoms with Crippen LogP contribution in [0.1, 0.15) is 11.6 Å². The number of hydrogen-bond donors (Lipinski definition) is 2. The van der Waals surface area contributed by atoms with Gasteiger partial charge < -0.3 is 10.8 Å². The van der Waals surface area contributed by atoms with E-state index in [0.717, 1.165) is 0 Å². The number of aromatic nitrogens is 1. The predicted molar refractivity (Wildman–Crippen MR) is 60.7 cm³/mol. The molecule has 0 aliphatic carbocycles. The van der Waals surface area contributed by atoms with Gasteiger partial charge in [0.15, 0.2) is 0 Å². The Kier molecular flexibility index (Phi) is 3.04. The maximum Gasteiger partial charge on any atom is 0.289 e. The van der Waals surface area contributed by atoms with Gasteiger partial charge in [0, 0.05) is 11.6 Å². The number of aliphatic hydroxyl groups is 1. The first kappa shape index (κ1) is 11.9. The number of nitrogens with two attached hydrogens (primary N) is 1. The van der Waals surface area contributed by atoms with Crippen molar-refractivity contribution in [2.75, 3.05) is 6.61 Å². The van der Waals surface area contributed by atoms with Crippen molar-refractivity contribution in [3.05, 3.63) is 42.1 Å². The molecule has 0 aliphatic rings. The predicted octanol–water partition coefficient (Wildman–Crippen LogP) is 1.86. The van der Waals surface area contributed by atoms with Gasteiger partial charge in [0.25, 0.3) is 5.92 Å². The normalized spacial score (nSPS) is 13.9. The highest BCUT2D eigenvalue weighted by atomic mass is 19.3. The van der Waals surface area contributed by atoms with E-state index < -0.39 is 18.6 Å². The highest BCUT2D eigenvalue weighted by Crippen LogP contribution is 2.32. The van der Waals surface area contributed by atoms with Crippen LogP contribution in [0.15, 0.2) is 36.5 Å². The summed E-state index contributed by atoms with van der Waals surface area (Å²) < 4.78 is 26.7. The molecule has 0 fully saturated rings. The van der Waals surface area contributed by atoms with Crippen LogP contribution in [0, 0.1) is 0 Å². The molecule has 0 unspecified atom stereocenters. The summed E-state index contributed by atoms with van der Waals surface area (Å²) >= 11 is 0. The largest absolute Gasteiger partial charge is 0.390 e. The lowest BCUT2D eigenvalue weighted by molar-refractivity contribution is -0.0708. The molecule has 0 spiro atoms. The average Bonchev–Trinajstić information content (AvgIpc) is 2.37. The second kappa shape index (κ2) is 4.35. The number of aliphatic hydroxyl groups excluding tert-OH is 1. The third-order valence-corrected chi connectivity index (χ3v) is 2.68. The number of halogens is 2. The van der Waals surface area contributed by atoms with E-state index in [9.17, 15) is 8.78 Å². The molecule has 2 aromatic rings. The van der Waals surface area contributed by atoms with E-state index in [1.807, 2.05) is 0 Å². The van der Waals surface area contributed by atoms with Crippen LogP contribution in [0.3, 0.4) is 0 Å². The van der Waals surface area contributed by atoms with Gasteiger partial charge in [-0.3, -0.25) is 4.98 Å². The van der Waals surface area contributed by atoms with E-state index in [4.69, 9.17) is 10.8 Å². The smallest absolute Gasteiger partial charge is 0.289 e. The number of benzene rings is 1. The van der Waals surface area contributed by atoms with Crippen molar-refractivity contribution in [2.45, 2.75) is 12.0 Å². The van der Waals surface area contributed by atoms with E-state index in [0.29, 0.717) is 10.9 Å². The zero-order valence-electron chi connectivity index (χ0n) is 8.98. The third kappa shape index (κ3) is 2.11. The first-order chi connectivity index (χ1) is 8.06. The van der Waals surface area contributed by atoms with Gasteiger partial charge in [-0.15, -0.1) is 0 Å². The molecule has 0 aliphatic heterocycles. The Morgan fingerprint density at radius 3 is 2.71 bits per heavy atom. The maximum absolute atomic E-state index is 13.4. The van der Waals surface area contributed by atoms with Crippen molar-refractivity contribution in [3.63, 3.8) is 0 Å². The summed E-state index contributed by atoms with van der Waals surface area (Å²) in [4.78, 5) is 4.07. The summed E-state index contributed by atoms with van der Waals surface area (Å²) in [5.41, 5.74) is 6.40. The lowest BCUT2D eigenvalue weighted by Gasteiger charge is -2.22. The molecule has 1 atom stereocenters. The molecule has 0 radical (unpaired) electrons. The molecule has 1 aromatic heterocycles. The fraction of sp³-hybridized carbons (Fsp3) is 0.250. The van der Waals surface area contributed by atoms with Crippen molar-refractivity contribution in [2.24, 2.45) is 5.73 Å². The summed E-state index contributed by atoms with van der Waals surface area (Å²) in [6.07, 6.45) is 1.44. The molecule has 1 aromatic carbocycles. The maximum atomic E-state index is 13.4. The Morgan fingerprint density at radius 1 is 1.29 bits per heavy atom. The first-order valence-electron chi connectivity index (χ1n) is 5.14. The molecule has 2 rings (SSSR count). The summed E-state index contributed by atoms with van der Waals surface area (Å²) in [5.74, 6) is -3.34. The first-order valence-corrected chi connectivity index (χ1v) is 5.14. The number of para-hydroxylation sites is 1. The van der Waals surface area contributed by atoms with Gasteiger partial charge in [-0.1, -0.05) is 18.2 Å². The molecule has 1 heterocycles.